The van der Waals surface area contributed by atoms with Crippen LogP contribution in [0, 0.1) is 5.82 Å². The number of pyridine rings is 1. The fourth-order valence-corrected chi connectivity index (χ4v) is 1.99. The van der Waals surface area contributed by atoms with Crippen molar-refractivity contribution in [3.63, 3.8) is 0 Å². The second-order valence-corrected chi connectivity index (χ2v) is 4.17. The zero-order valence-corrected chi connectivity index (χ0v) is 9.99. The topological polar surface area (TPSA) is 63.8 Å². The monoisotopic (exact) mass is 258 g/mol. The Balaban J connectivity index is 2.03. The summed E-state index contributed by atoms with van der Waals surface area (Å²) in [6.07, 6.45) is 3.28. The number of fused-ring (bicyclic) bond motifs is 1. The number of benzene rings is 1. The quantitative estimate of drug-likeness (QED) is 0.773. The summed E-state index contributed by atoms with van der Waals surface area (Å²) in [4.78, 5) is 4.21. The van der Waals surface area contributed by atoms with E-state index in [0.29, 0.717) is 23.1 Å². The Kier molecular flexibility index (Phi) is 2.92. The Morgan fingerprint density at radius 2 is 2.16 bits per heavy atom. The van der Waals surface area contributed by atoms with Gasteiger partial charge in [-0.05, 0) is 18.2 Å². The van der Waals surface area contributed by atoms with Crippen LogP contribution in [0.15, 0.2) is 36.7 Å². The van der Waals surface area contributed by atoms with Gasteiger partial charge in [0.05, 0.1) is 24.9 Å². The minimum Gasteiger partial charge on any atom is -0.390 e. The second-order valence-electron chi connectivity index (χ2n) is 4.17. The number of aromatic nitrogens is 4. The number of rotatable bonds is 3. The van der Waals surface area contributed by atoms with E-state index in [2.05, 4.69) is 15.3 Å². The van der Waals surface area contributed by atoms with Crippen molar-refractivity contribution in [1.29, 1.82) is 0 Å². The maximum atomic E-state index is 13.7. The molecule has 1 N–H and O–H groups in total. The van der Waals surface area contributed by atoms with Gasteiger partial charge in [0.25, 0.3) is 0 Å². The second kappa shape index (κ2) is 4.74. The van der Waals surface area contributed by atoms with E-state index < -0.39 is 0 Å². The number of aliphatic hydroxyl groups is 1. The van der Waals surface area contributed by atoms with Gasteiger partial charge in [0.1, 0.15) is 11.5 Å². The molecule has 0 spiro atoms. The van der Waals surface area contributed by atoms with Crippen LogP contribution in [-0.4, -0.2) is 25.1 Å². The van der Waals surface area contributed by atoms with Crippen molar-refractivity contribution in [2.24, 2.45) is 0 Å². The Hall–Kier alpha value is -2.34. The van der Waals surface area contributed by atoms with Gasteiger partial charge >= 0.3 is 0 Å². The fourth-order valence-electron chi connectivity index (χ4n) is 1.99. The van der Waals surface area contributed by atoms with Crippen LogP contribution in [0.5, 0.6) is 0 Å². The predicted molar refractivity (Wildman–Crippen MR) is 66.7 cm³/mol. The van der Waals surface area contributed by atoms with Crippen LogP contribution in [0.4, 0.5) is 4.39 Å². The number of nitrogens with zero attached hydrogens (tertiary/aromatic N) is 4. The average molecular weight is 258 g/mol. The Morgan fingerprint density at radius 3 is 2.95 bits per heavy atom. The van der Waals surface area contributed by atoms with Gasteiger partial charge in [0.2, 0.25) is 0 Å². The van der Waals surface area contributed by atoms with Crippen molar-refractivity contribution < 1.29 is 9.50 Å². The molecule has 0 saturated carbocycles. The third-order valence-electron chi connectivity index (χ3n) is 2.88. The predicted octanol–water partition coefficient (Wildman–Crippen LogP) is 1.51. The Morgan fingerprint density at radius 1 is 1.26 bits per heavy atom. The molecule has 0 unspecified atom stereocenters. The zero-order chi connectivity index (χ0) is 13.2. The molecule has 5 nitrogen and oxygen atoms in total. The Bertz CT molecular complexity index is 725. The van der Waals surface area contributed by atoms with Gasteiger partial charge in [-0.2, -0.15) is 0 Å². The molecule has 0 fully saturated rings. The first-order valence-corrected chi connectivity index (χ1v) is 5.80. The average Bonchev–Trinajstić information content (AvgIpc) is 2.90. The van der Waals surface area contributed by atoms with Crippen LogP contribution in [0.3, 0.4) is 0 Å². The summed E-state index contributed by atoms with van der Waals surface area (Å²) in [5.41, 5.74) is 1.97. The van der Waals surface area contributed by atoms with Gasteiger partial charge in [-0.3, -0.25) is 4.98 Å². The molecule has 0 radical (unpaired) electrons. The van der Waals surface area contributed by atoms with Gasteiger partial charge in [-0.25, -0.2) is 9.07 Å². The van der Waals surface area contributed by atoms with Gasteiger partial charge in [-0.15, -0.1) is 5.10 Å². The maximum absolute atomic E-state index is 13.7. The van der Waals surface area contributed by atoms with E-state index in [0.717, 1.165) is 5.56 Å². The molecule has 3 aromatic rings. The largest absolute Gasteiger partial charge is 0.390 e. The zero-order valence-electron chi connectivity index (χ0n) is 9.99. The third kappa shape index (κ3) is 2.17. The number of hydrogen-bond acceptors (Lipinski definition) is 4. The minimum atomic E-state index is -0.290. The van der Waals surface area contributed by atoms with Crippen LogP contribution >= 0.6 is 0 Å². The number of hydrogen-bond donors (Lipinski definition) is 1. The summed E-state index contributed by atoms with van der Waals surface area (Å²) in [5, 5.41) is 17.1. The summed E-state index contributed by atoms with van der Waals surface area (Å²) in [6.45, 7) is 0.281. The standard InChI is InChI=1S/C13H11FN4O/c14-12-4-3-9(13-11(12)2-1-5-15-13)6-18-7-10(8-19)16-17-18/h1-5,7,19H,6,8H2. The van der Waals surface area contributed by atoms with Crippen molar-refractivity contribution in [1.82, 2.24) is 20.0 Å². The lowest BCUT2D eigenvalue weighted by molar-refractivity contribution is 0.276. The molecular formula is C13H11FN4O. The van der Waals surface area contributed by atoms with Crippen LogP contribution < -0.4 is 0 Å². The molecule has 1 aromatic carbocycles. The highest BCUT2D eigenvalue weighted by Crippen LogP contribution is 2.20. The van der Waals surface area contributed by atoms with E-state index in [1.54, 1.807) is 35.3 Å². The first-order valence-electron chi connectivity index (χ1n) is 5.80. The summed E-state index contributed by atoms with van der Waals surface area (Å²) >= 11 is 0. The first kappa shape index (κ1) is 11.7. The van der Waals surface area contributed by atoms with Crippen molar-refractivity contribution in [2.75, 3.05) is 0 Å². The van der Waals surface area contributed by atoms with E-state index >= 15 is 0 Å². The van der Waals surface area contributed by atoms with Crippen molar-refractivity contribution in [3.05, 3.63) is 53.7 Å². The molecule has 2 aromatic heterocycles. The summed E-state index contributed by atoms with van der Waals surface area (Å²) < 4.78 is 15.2. The lowest BCUT2D eigenvalue weighted by atomic mass is 10.1. The highest BCUT2D eigenvalue weighted by Gasteiger charge is 2.08. The molecule has 0 amide bonds. The smallest absolute Gasteiger partial charge is 0.132 e. The van der Waals surface area contributed by atoms with Gasteiger partial charge < -0.3 is 5.11 Å². The molecule has 96 valence electrons. The van der Waals surface area contributed by atoms with Crippen molar-refractivity contribution in [3.8, 4) is 0 Å². The molecule has 0 saturated heterocycles. The molecule has 0 aliphatic rings. The highest BCUT2D eigenvalue weighted by molar-refractivity contribution is 5.82. The van der Waals surface area contributed by atoms with Crippen LogP contribution in [0.2, 0.25) is 0 Å². The van der Waals surface area contributed by atoms with Crippen LogP contribution in [-0.2, 0) is 13.2 Å². The van der Waals surface area contributed by atoms with Gasteiger partial charge in [0, 0.05) is 17.1 Å². The van der Waals surface area contributed by atoms with E-state index in [1.165, 1.54) is 6.07 Å². The molecule has 0 aliphatic carbocycles. The highest BCUT2D eigenvalue weighted by atomic mass is 19.1. The van der Waals surface area contributed by atoms with E-state index in [9.17, 15) is 4.39 Å². The summed E-state index contributed by atoms with van der Waals surface area (Å²) in [7, 11) is 0. The molecule has 0 bridgehead atoms. The molecule has 6 heteroatoms. The van der Waals surface area contributed by atoms with E-state index in [-0.39, 0.29) is 12.4 Å². The lowest BCUT2D eigenvalue weighted by Gasteiger charge is -2.06. The molecular weight excluding hydrogens is 247 g/mol. The van der Waals surface area contributed by atoms with Gasteiger partial charge in [-0.1, -0.05) is 11.3 Å². The molecule has 2 heterocycles. The van der Waals surface area contributed by atoms with E-state index in [4.69, 9.17) is 5.11 Å². The summed E-state index contributed by atoms with van der Waals surface area (Å²) in [5.74, 6) is -0.290. The Labute approximate surface area is 108 Å². The van der Waals surface area contributed by atoms with Gasteiger partial charge in [0.15, 0.2) is 0 Å². The fraction of sp³-hybridized carbons (Fsp3) is 0.154. The van der Waals surface area contributed by atoms with Crippen LogP contribution in [0.25, 0.3) is 10.9 Å². The lowest BCUT2D eigenvalue weighted by Crippen LogP contribution is -2.02. The molecule has 19 heavy (non-hydrogen) atoms. The van der Waals surface area contributed by atoms with Crippen molar-refractivity contribution >= 4 is 10.9 Å². The summed E-state index contributed by atoms with van der Waals surface area (Å²) in [6, 6.07) is 6.50. The maximum Gasteiger partial charge on any atom is 0.132 e. The first-order chi connectivity index (χ1) is 9.28. The normalized spacial score (nSPS) is 11.1. The molecule has 0 atom stereocenters. The number of aliphatic hydroxyl groups excluding tert-OH is 1. The minimum absolute atomic E-state index is 0.150. The SMILES string of the molecule is OCc1cn(Cc2ccc(F)c3cccnc23)nn1. The van der Waals surface area contributed by atoms with E-state index in [1.807, 2.05) is 0 Å². The number of halogens is 1. The molecule has 3 rings (SSSR count). The molecule has 0 aliphatic heterocycles. The van der Waals surface area contributed by atoms with Crippen molar-refractivity contribution in [2.45, 2.75) is 13.2 Å². The van der Waals surface area contributed by atoms with Crippen LogP contribution in [0.1, 0.15) is 11.3 Å². The third-order valence-corrected chi connectivity index (χ3v) is 2.88.